The Morgan fingerprint density at radius 3 is 2.11 bits per heavy atom. The van der Waals surface area contributed by atoms with Gasteiger partial charge in [0.2, 0.25) is 0 Å². The van der Waals surface area contributed by atoms with Gasteiger partial charge in [-0.2, -0.15) is 0 Å². The molecule has 0 radical (unpaired) electrons. The minimum Gasteiger partial charge on any atom is -0.0952 e. The average Bonchev–Trinajstić information content (AvgIpc) is 2.36. The Bertz CT molecular complexity index is 384. The lowest BCUT2D eigenvalue weighted by Crippen LogP contribution is -2.05. The van der Waals surface area contributed by atoms with E-state index in [1.54, 1.807) is 0 Å². The Morgan fingerprint density at radius 1 is 1.16 bits per heavy atom. The van der Waals surface area contributed by atoms with E-state index in [9.17, 15) is 0 Å². The summed E-state index contributed by atoms with van der Waals surface area (Å²) >= 11 is 0. The van der Waals surface area contributed by atoms with Gasteiger partial charge in [-0.3, -0.25) is 0 Å². The van der Waals surface area contributed by atoms with Crippen LogP contribution in [0.5, 0.6) is 0 Å². The van der Waals surface area contributed by atoms with Gasteiger partial charge in [0, 0.05) is 0 Å². The standard InChI is InChI=1S/C19H32/c1-9-12-17(8)19(14(4)5)18(16(7)11-3)13-15(6)10-2/h10,13,16H,8-9,11-12H2,1-7H3/b15-10-,18-13+. The molecule has 0 rings (SSSR count). The first-order chi connectivity index (χ1) is 8.88. The maximum absolute atomic E-state index is 4.32. The molecule has 1 unspecified atom stereocenters. The molecule has 0 fully saturated rings. The van der Waals surface area contributed by atoms with E-state index in [2.05, 4.69) is 67.2 Å². The quantitative estimate of drug-likeness (QED) is 0.451. The molecule has 0 aliphatic carbocycles. The minimum absolute atomic E-state index is 0.577. The second-order valence-corrected chi connectivity index (χ2v) is 5.67. The van der Waals surface area contributed by atoms with Crippen molar-refractivity contribution in [2.24, 2.45) is 5.92 Å². The number of hydrogen-bond acceptors (Lipinski definition) is 0. The summed E-state index contributed by atoms with van der Waals surface area (Å²) in [7, 11) is 0. The predicted octanol–water partition coefficient (Wildman–Crippen LogP) is 6.62. The van der Waals surface area contributed by atoms with E-state index in [0.717, 1.165) is 12.8 Å². The van der Waals surface area contributed by atoms with Crippen molar-refractivity contribution in [3.63, 3.8) is 0 Å². The van der Waals surface area contributed by atoms with Crippen molar-refractivity contribution in [3.05, 3.63) is 46.6 Å². The van der Waals surface area contributed by atoms with Crippen molar-refractivity contribution in [1.29, 1.82) is 0 Å². The van der Waals surface area contributed by atoms with Crippen LogP contribution in [0.25, 0.3) is 0 Å². The van der Waals surface area contributed by atoms with E-state index in [1.807, 2.05) is 0 Å². The summed E-state index contributed by atoms with van der Waals surface area (Å²) in [5, 5.41) is 0. The molecule has 0 bridgehead atoms. The van der Waals surface area contributed by atoms with E-state index < -0.39 is 0 Å². The summed E-state index contributed by atoms with van der Waals surface area (Å²) in [6, 6.07) is 0. The van der Waals surface area contributed by atoms with Gasteiger partial charge in [-0.25, -0.2) is 0 Å². The Hall–Kier alpha value is -1.04. The number of allylic oxidation sites excluding steroid dienone is 7. The first-order valence-electron chi connectivity index (χ1n) is 7.59. The van der Waals surface area contributed by atoms with Crippen LogP contribution < -0.4 is 0 Å². The molecule has 0 spiro atoms. The number of hydrogen-bond donors (Lipinski definition) is 0. The molecule has 0 aromatic carbocycles. The fraction of sp³-hybridized carbons (Fsp3) is 0.579. The molecule has 0 aromatic heterocycles. The maximum Gasteiger partial charge on any atom is -0.0187 e. The summed E-state index contributed by atoms with van der Waals surface area (Å²) < 4.78 is 0. The second kappa shape index (κ2) is 8.96. The third kappa shape index (κ3) is 5.63. The lowest BCUT2D eigenvalue weighted by Gasteiger charge is -2.22. The van der Waals surface area contributed by atoms with E-state index in [4.69, 9.17) is 0 Å². The molecule has 1 atom stereocenters. The van der Waals surface area contributed by atoms with Crippen LogP contribution in [0.1, 0.15) is 67.7 Å². The largest absolute Gasteiger partial charge is 0.0952 e. The third-order valence-corrected chi connectivity index (χ3v) is 3.68. The summed E-state index contributed by atoms with van der Waals surface area (Å²) in [6.07, 6.45) is 7.93. The topological polar surface area (TPSA) is 0 Å². The lowest BCUT2D eigenvalue weighted by molar-refractivity contribution is 0.659. The third-order valence-electron chi connectivity index (χ3n) is 3.68. The fourth-order valence-corrected chi connectivity index (χ4v) is 2.28. The molecule has 0 amide bonds. The first kappa shape index (κ1) is 18.0. The van der Waals surface area contributed by atoms with Crippen LogP contribution in [-0.4, -0.2) is 0 Å². The lowest BCUT2D eigenvalue weighted by atomic mass is 9.83. The molecule has 0 aliphatic heterocycles. The highest BCUT2D eigenvalue weighted by molar-refractivity contribution is 5.50. The zero-order chi connectivity index (χ0) is 15.0. The van der Waals surface area contributed by atoms with Gasteiger partial charge in [0.15, 0.2) is 0 Å². The Kier molecular flexibility index (Phi) is 8.47. The Morgan fingerprint density at radius 2 is 1.74 bits per heavy atom. The zero-order valence-corrected chi connectivity index (χ0v) is 14.1. The number of rotatable bonds is 7. The van der Waals surface area contributed by atoms with Crippen molar-refractivity contribution < 1.29 is 0 Å². The van der Waals surface area contributed by atoms with E-state index >= 15 is 0 Å². The molecule has 0 nitrogen and oxygen atoms in total. The normalized spacial score (nSPS) is 14.3. The molecular formula is C19H32. The van der Waals surface area contributed by atoms with Crippen molar-refractivity contribution in [2.75, 3.05) is 0 Å². The van der Waals surface area contributed by atoms with Gasteiger partial charge in [0.05, 0.1) is 0 Å². The van der Waals surface area contributed by atoms with Crippen LogP contribution in [0.15, 0.2) is 46.6 Å². The smallest absolute Gasteiger partial charge is 0.0187 e. The van der Waals surface area contributed by atoms with Crippen LogP contribution in [0.4, 0.5) is 0 Å². The van der Waals surface area contributed by atoms with Crippen LogP contribution >= 0.6 is 0 Å². The van der Waals surface area contributed by atoms with Crippen molar-refractivity contribution in [1.82, 2.24) is 0 Å². The van der Waals surface area contributed by atoms with Crippen molar-refractivity contribution >= 4 is 0 Å². The predicted molar refractivity (Wildman–Crippen MR) is 89.4 cm³/mol. The highest BCUT2D eigenvalue weighted by Crippen LogP contribution is 2.32. The van der Waals surface area contributed by atoms with Gasteiger partial charge in [0.1, 0.15) is 0 Å². The highest BCUT2D eigenvalue weighted by atomic mass is 14.2. The van der Waals surface area contributed by atoms with Crippen LogP contribution in [-0.2, 0) is 0 Å². The Balaban J connectivity index is 5.74. The van der Waals surface area contributed by atoms with Crippen molar-refractivity contribution in [3.8, 4) is 0 Å². The molecule has 0 heteroatoms. The van der Waals surface area contributed by atoms with E-state index in [-0.39, 0.29) is 0 Å². The first-order valence-corrected chi connectivity index (χ1v) is 7.59. The van der Waals surface area contributed by atoms with Gasteiger partial charge < -0.3 is 0 Å². The SMILES string of the molecule is C=C(CCC)C(=C(C)C)/C(=C/C(C)=C\C)C(C)CC. The Labute approximate surface area is 121 Å². The second-order valence-electron chi connectivity index (χ2n) is 5.67. The molecule has 108 valence electrons. The summed E-state index contributed by atoms with van der Waals surface area (Å²) in [5.74, 6) is 0.577. The van der Waals surface area contributed by atoms with Gasteiger partial charge in [0.25, 0.3) is 0 Å². The van der Waals surface area contributed by atoms with E-state index in [1.165, 1.54) is 34.3 Å². The molecule has 0 aliphatic rings. The van der Waals surface area contributed by atoms with Crippen LogP contribution in [0.3, 0.4) is 0 Å². The van der Waals surface area contributed by atoms with Crippen LogP contribution in [0, 0.1) is 5.92 Å². The van der Waals surface area contributed by atoms with Gasteiger partial charge in [-0.05, 0) is 63.2 Å². The average molecular weight is 260 g/mol. The molecule has 0 aromatic rings. The minimum atomic E-state index is 0.577. The molecule has 19 heavy (non-hydrogen) atoms. The van der Waals surface area contributed by atoms with E-state index in [0.29, 0.717) is 5.92 Å². The van der Waals surface area contributed by atoms with Gasteiger partial charge in [-0.15, -0.1) is 0 Å². The fourth-order valence-electron chi connectivity index (χ4n) is 2.28. The monoisotopic (exact) mass is 260 g/mol. The van der Waals surface area contributed by atoms with Crippen molar-refractivity contribution in [2.45, 2.75) is 67.7 Å². The molecule has 0 N–H and O–H groups in total. The maximum atomic E-state index is 4.32. The molecule has 0 saturated heterocycles. The molecule has 0 saturated carbocycles. The zero-order valence-electron chi connectivity index (χ0n) is 14.1. The van der Waals surface area contributed by atoms with Gasteiger partial charge in [-0.1, -0.05) is 57.1 Å². The molecular weight excluding hydrogens is 228 g/mol. The summed E-state index contributed by atoms with van der Waals surface area (Å²) in [6.45, 7) is 19.8. The highest BCUT2D eigenvalue weighted by Gasteiger charge is 2.15. The summed E-state index contributed by atoms with van der Waals surface area (Å²) in [4.78, 5) is 0. The molecule has 0 heterocycles. The van der Waals surface area contributed by atoms with Crippen LogP contribution in [0.2, 0.25) is 0 Å². The van der Waals surface area contributed by atoms with Gasteiger partial charge >= 0.3 is 0 Å². The summed E-state index contributed by atoms with van der Waals surface area (Å²) in [5.41, 5.74) is 6.86.